The highest BCUT2D eigenvalue weighted by molar-refractivity contribution is 5.87. The Kier molecular flexibility index (Phi) is 11.5. The molecule has 0 bridgehead atoms. The Labute approximate surface area is 264 Å². The van der Waals surface area contributed by atoms with Crippen molar-refractivity contribution in [1.29, 1.82) is 0 Å². The zero-order chi connectivity index (χ0) is 33.8. The van der Waals surface area contributed by atoms with Crippen molar-refractivity contribution in [3.05, 3.63) is 53.6 Å². The maximum absolute atomic E-state index is 13.2. The molecule has 0 amide bonds. The molecule has 0 saturated carbocycles. The van der Waals surface area contributed by atoms with Gasteiger partial charge >= 0.3 is 5.97 Å². The van der Waals surface area contributed by atoms with E-state index in [4.69, 9.17) is 33.2 Å². The van der Waals surface area contributed by atoms with Gasteiger partial charge in [-0.3, -0.25) is 0 Å². The number of carbonyl (C=O) groups excluding carboxylic acids is 1. The first-order valence-corrected chi connectivity index (χ1v) is 14.5. The van der Waals surface area contributed by atoms with Crippen LogP contribution in [0.3, 0.4) is 0 Å². The van der Waals surface area contributed by atoms with Gasteiger partial charge in [-0.1, -0.05) is 12.1 Å². The van der Waals surface area contributed by atoms with Crippen LogP contribution >= 0.6 is 0 Å². The molecular weight excluding hydrogens is 612 g/mol. The molecule has 7 N–H and O–H groups in total. The molecule has 4 rings (SSSR count). The van der Waals surface area contributed by atoms with E-state index >= 15 is 0 Å². The van der Waals surface area contributed by atoms with Crippen molar-refractivity contribution in [2.45, 2.75) is 74.8 Å². The van der Waals surface area contributed by atoms with E-state index in [1.165, 1.54) is 63.6 Å². The monoisotopic (exact) mass is 652 g/mol. The topological polar surface area (TPSA) is 223 Å². The second-order valence-electron chi connectivity index (χ2n) is 10.8. The Morgan fingerprint density at radius 2 is 1.61 bits per heavy atom. The number of ether oxygens (including phenoxy) is 7. The fourth-order valence-corrected chi connectivity index (χ4v) is 5.34. The lowest BCUT2D eigenvalue weighted by Crippen LogP contribution is -2.69. The third kappa shape index (κ3) is 7.07. The van der Waals surface area contributed by atoms with E-state index in [2.05, 4.69) is 0 Å². The summed E-state index contributed by atoms with van der Waals surface area (Å²) in [5, 5.41) is 74.4. The number of aliphatic hydroxyl groups is 5. The summed E-state index contributed by atoms with van der Waals surface area (Å²) in [7, 11) is 2.65. The average Bonchev–Trinajstić information content (AvgIpc) is 3.05. The lowest BCUT2D eigenvalue weighted by molar-refractivity contribution is -0.387. The Balaban J connectivity index is 1.79. The molecule has 10 atom stereocenters. The molecule has 2 aliphatic rings. The molecule has 46 heavy (non-hydrogen) atoms. The maximum atomic E-state index is 13.2. The van der Waals surface area contributed by atoms with Gasteiger partial charge in [0.2, 0.25) is 0 Å². The maximum Gasteiger partial charge on any atom is 0.331 e. The average molecular weight is 653 g/mol. The Morgan fingerprint density at radius 1 is 0.957 bits per heavy atom. The van der Waals surface area contributed by atoms with E-state index in [1.54, 1.807) is 6.92 Å². The summed E-state index contributed by atoms with van der Waals surface area (Å²) in [6, 6.07) is 8.17. The van der Waals surface area contributed by atoms with Gasteiger partial charge in [-0.25, -0.2) is 4.79 Å². The van der Waals surface area contributed by atoms with Gasteiger partial charge in [-0.15, -0.1) is 0 Å². The Hall–Kier alpha value is -3.51. The largest absolute Gasteiger partial charge is 0.504 e. The summed E-state index contributed by atoms with van der Waals surface area (Å²) < 4.78 is 39.5. The van der Waals surface area contributed by atoms with Crippen LogP contribution in [0.5, 0.6) is 23.0 Å². The van der Waals surface area contributed by atoms with Gasteiger partial charge in [0.05, 0.1) is 26.9 Å². The van der Waals surface area contributed by atoms with E-state index in [-0.39, 0.29) is 35.2 Å². The van der Waals surface area contributed by atoms with Crippen LogP contribution in [-0.4, -0.2) is 124 Å². The summed E-state index contributed by atoms with van der Waals surface area (Å²) in [6.45, 7) is 2.30. The van der Waals surface area contributed by atoms with Crippen LogP contribution in [0, 0.1) is 0 Å². The van der Waals surface area contributed by atoms with Crippen molar-refractivity contribution in [3.8, 4) is 23.0 Å². The van der Waals surface area contributed by atoms with E-state index in [1.807, 2.05) is 0 Å². The molecule has 10 unspecified atom stereocenters. The highest BCUT2D eigenvalue weighted by Gasteiger charge is 2.61. The Morgan fingerprint density at radius 3 is 2.24 bits per heavy atom. The van der Waals surface area contributed by atoms with Gasteiger partial charge in [0, 0.05) is 12.7 Å². The van der Waals surface area contributed by atoms with Crippen molar-refractivity contribution in [3.63, 3.8) is 0 Å². The lowest BCUT2D eigenvalue weighted by Gasteiger charge is -2.52. The van der Waals surface area contributed by atoms with Crippen molar-refractivity contribution in [1.82, 2.24) is 0 Å². The minimum absolute atomic E-state index is 0.000836. The molecule has 2 aromatic carbocycles. The van der Waals surface area contributed by atoms with Crippen LogP contribution in [0.15, 0.2) is 42.5 Å². The molecule has 0 radical (unpaired) electrons. The molecular formula is C31H40O15. The third-order valence-corrected chi connectivity index (χ3v) is 7.85. The number of phenolic OH excluding ortho intramolecular Hbond substituents is 2. The van der Waals surface area contributed by atoms with E-state index in [0.717, 1.165) is 6.08 Å². The van der Waals surface area contributed by atoms with Gasteiger partial charge in [0.15, 0.2) is 47.3 Å². The number of rotatable bonds is 11. The molecule has 0 aliphatic carbocycles. The number of phenols is 2. The van der Waals surface area contributed by atoms with Crippen LogP contribution < -0.4 is 9.47 Å². The molecule has 15 nitrogen and oxygen atoms in total. The second-order valence-corrected chi connectivity index (χ2v) is 10.8. The fraction of sp³-hybridized carbons (Fsp3) is 0.516. The lowest BCUT2D eigenvalue weighted by atomic mass is 9.80. The zero-order valence-corrected chi connectivity index (χ0v) is 25.6. The molecule has 2 saturated heterocycles. The first-order valence-electron chi connectivity index (χ1n) is 14.5. The van der Waals surface area contributed by atoms with E-state index in [0.29, 0.717) is 5.56 Å². The minimum atomic E-state index is -2.41. The molecule has 2 heterocycles. The van der Waals surface area contributed by atoms with Crippen LogP contribution in [0.1, 0.15) is 25.0 Å². The normalized spacial score (nSPS) is 33.1. The van der Waals surface area contributed by atoms with E-state index in [9.17, 15) is 40.5 Å². The van der Waals surface area contributed by atoms with Gasteiger partial charge in [-0.05, 0) is 55.3 Å². The third-order valence-electron chi connectivity index (χ3n) is 7.85. The second kappa shape index (κ2) is 14.9. The van der Waals surface area contributed by atoms with Gasteiger partial charge in [0.1, 0.15) is 30.5 Å². The summed E-state index contributed by atoms with van der Waals surface area (Å²) in [5.74, 6) is -1.23. The quantitative estimate of drug-likeness (QED) is 0.124. The minimum Gasteiger partial charge on any atom is -0.504 e. The van der Waals surface area contributed by atoms with Crippen molar-refractivity contribution in [2.75, 3.05) is 27.4 Å². The predicted octanol–water partition coefficient (Wildman–Crippen LogP) is -0.106. The highest BCUT2D eigenvalue weighted by atomic mass is 16.7. The Bertz CT molecular complexity index is 1370. The first-order chi connectivity index (χ1) is 21.9. The molecule has 2 aromatic rings. The summed E-state index contributed by atoms with van der Waals surface area (Å²) in [4.78, 5) is 13.2. The molecule has 15 heteroatoms. The molecule has 0 spiro atoms. The highest BCUT2D eigenvalue weighted by Crippen LogP contribution is 2.45. The van der Waals surface area contributed by atoms with Crippen molar-refractivity contribution < 1.29 is 73.7 Å². The molecule has 2 aliphatic heterocycles. The van der Waals surface area contributed by atoms with Crippen molar-refractivity contribution in [2.24, 2.45) is 0 Å². The number of aromatic hydroxyl groups is 2. The fourth-order valence-electron chi connectivity index (χ4n) is 5.34. The number of carbonyl (C=O) groups is 1. The van der Waals surface area contributed by atoms with Gasteiger partial charge in [0.25, 0.3) is 0 Å². The van der Waals surface area contributed by atoms with E-state index < -0.39 is 73.5 Å². The molecule has 2 fully saturated rings. The standard InChI is InChI=1S/C31H40O15/c1-5-42-30-31(39,17-8-10-19(34)21(13-17)41-4)28(46-29-26(38)25(37)24(36)15(2)43-29)27(22(14-32)44-30)45-23(35)11-7-16-6-9-18(33)20(12-16)40-3/h6-13,15,22,24-30,32-34,36-39H,5,14H2,1-4H3. The number of aliphatic hydroxyl groups excluding tert-OH is 4. The summed E-state index contributed by atoms with van der Waals surface area (Å²) in [6.07, 6.45) is -11.6. The van der Waals surface area contributed by atoms with Crippen LogP contribution in [0.25, 0.3) is 6.08 Å². The number of hydrogen-bond donors (Lipinski definition) is 7. The van der Waals surface area contributed by atoms with Gasteiger partial charge in [-0.2, -0.15) is 0 Å². The SMILES string of the molecule is CCOC1OC(CO)C(OC(=O)C=Cc2ccc(O)c(OC)c2)C(OC2OC(C)C(O)C(O)C2O)C1(O)c1ccc(O)c(OC)c1. The summed E-state index contributed by atoms with van der Waals surface area (Å²) in [5.41, 5.74) is -1.95. The van der Waals surface area contributed by atoms with Gasteiger partial charge < -0.3 is 68.9 Å². The summed E-state index contributed by atoms with van der Waals surface area (Å²) >= 11 is 0. The van der Waals surface area contributed by atoms with Crippen molar-refractivity contribution >= 4 is 12.0 Å². The number of benzene rings is 2. The first kappa shape index (κ1) is 35.3. The number of esters is 1. The smallest absolute Gasteiger partial charge is 0.331 e. The van der Waals surface area contributed by atoms with Crippen LogP contribution in [0.4, 0.5) is 0 Å². The van der Waals surface area contributed by atoms with Crippen LogP contribution in [-0.2, 0) is 34.1 Å². The number of hydrogen-bond acceptors (Lipinski definition) is 15. The molecule has 0 aromatic heterocycles. The molecule has 254 valence electrons. The predicted molar refractivity (Wildman–Crippen MR) is 157 cm³/mol. The number of methoxy groups -OCH3 is 2. The van der Waals surface area contributed by atoms with Crippen LogP contribution in [0.2, 0.25) is 0 Å². The zero-order valence-electron chi connectivity index (χ0n) is 25.6.